The van der Waals surface area contributed by atoms with Gasteiger partial charge >= 0.3 is 5.97 Å². The molecule has 0 bridgehead atoms. The van der Waals surface area contributed by atoms with Gasteiger partial charge in [0.15, 0.2) is 5.03 Å². The zero-order valence-corrected chi connectivity index (χ0v) is 20.1. The summed E-state index contributed by atoms with van der Waals surface area (Å²) in [5, 5.41) is 12.8. The Hall–Kier alpha value is -3.17. The number of pyridine rings is 2. The van der Waals surface area contributed by atoms with E-state index in [1.165, 1.54) is 12.1 Å². The van der Waals surface area contributed by atoms with E-state index >= 15 is 0 Å². The Morgan fingerprint density at radius 2 is 1.76 bits per heavy atom. The average Bonchev–Trinajstić information content (AvgIpc) is 2.81. The number of hydrogen-bond donors (Lipinski definition) is 3. The second-order valence-electron chi connectivity index (χ2n) is 8.29. The summed E-state index contributed by atoms with van der Waals surface area (Å²) in [5.74, 6) is -0.972. The van der Waals surface area contributed by atoms with Crippen LogP contribution in [-0.4, -0.2) is 35.5 Å². The van der Waals surface area contributed by atoms with Crippen LogP contribution in [0.15, 0.2) is 59.6 Å². The number of carbonyl (C=O) groups is 1. The van der Waals surface area contributed by atoms with Crippen LogP contribution in [0.2, 0.25) is 5.02 Å². The number of carboxylic acids is 1. The lowest BCUT2D eigenvalue weighted by Gasteiger charge is -2.29. The first-order valence-corrected chi connectivity index (χ1v) is 12.8. The predicted molar refractivity (Wildman–Crippen MR) is 131 cm³/mol. The van der Waals surface area contributed by atoms with E-state index in [0.717, 1.165) is 24.0 Å². The van der Waals surface area contributed by atoms with Gasteiger partial charge in [0.1, 0.15) is 11.6 Å². The lowest BCUT2D eigenvalue weighted by Crippen LogP contribution is -2.37. The number of sulfonamides is 1. The fourth-order valence-corrected chi connectivity index (χ4v) is 5.33. The van der Waals surface area contributed by atoms with E-state index in [2.05, 4.69) is 20.0 Å². The molecule has 3 aromatic rings. The highest BCUT2D eigenvalue weighted by Crippen LogP contribution is 2.31. The maximum absolute atomic E-state index is 13.0. The summed E-state index contributed by atoms with van der Waals surface area (Å²) in [4.78, 5) is 20.2. The summed E-state index contributed by atoms with van der Waals surface area (Å²) in [6.07, 6.45) is 3.04. The van der Waals surface area contributed by atoms with Gasteiger partial charge in [0, 0.05) is 11.6 Å². The van der Waals surface area contributed by atoms with E-state index in [9.17, 15) is 18.3 Å². The number of rotatable bonds is 7. The third-order valence-corrected chi connectivity index (χ3v) is 7.46. The van der Waals surface area contributed by atoms with Gasteiger partial charge in [-0.05, 0) is 49.6 Å². The predicted octanol–water partition coefficient (Wildman–Crippen LogP) is 4.96. The number of anilines is 2. The number of hydrogen-bond acceptors (Lipinski definition) is 6. The number of halogens is 1. The maximum atomic E-state index is 13.0. The third kappa shape index (κ3) is 5.31. The Bertz CT molecular complexity index is 1320. The van der Waals surface area contributed by atoms with E-state index in [1.54, 1.807) is 18.2 Å². The lowest BCUT2D eigenvalue weighted by molar-refractivity contribution is -0.143. The quantitative estimate of drug-likeness (QED) is 0.419. The summed E-state index contributed by atoms with van der Waals surface area (Å²) < 4.78 is 28.6. The molecule has 178 valence electrons. The highest BCUT2D eigenvalue weighted by atomic mass is 35.5. The molecule has 8 nitrogen and oxygen atoms in total. The van der Waals surface area contributed by atoms with Crippen LogP contribution >= 0.6 is 11.6 Å². The van der Waals surface area contributed by atoms with Crippen molar-refractivity contribution in [1.29, 1.82) is 0 Å². The minimum Gasteiger partial charge on any atom is -0.481 e. The SMILES string of the molecule is Cc1ccccc1-c1nc(NS(=O)(=O)c2cccc(NC3CCCCC3C(=O)O)n2)ccc1Cl. The molecule has 0 amide bonds. The van der Waals surface area contributed by atoms with E-state index in [4.69, 9.17) is 11.6 Å². The maximum Gasteiger partial charge on any atom is 0.308 e. The minimum atomic E-state index is -4.05. The molecular weight excluding hydrogens is 476 g/mol. The highest BCUT2D eigenvalue weighted by Gasteiger charge is 2.31. The Labute approximate surface area is 203 Å². The first-order valence-electron chi connectivity index (χ1n) is 11.0. The summed E-state index contributed by atoms with van der Waals surface area (Å²) in [6, 6.07) is 14.9. The molecule has 3 N–H and O–H groups in total. The molecule has 10 heteroatoms. The zero-order valence-electron chi connectivity index (χ0n) is 18.5. The fourth-order valence-electron chi connectivity index (χ4n) is 4.15. The van der Waals surface area contributed by atoms with E-state index in [-0.39, 0.29) is 16.9 Å². The summed E-state index contributed by atoms with van der Waals surface area (Å²) >= 11 is 6.34. The zero-order chi connectivity index (χ0) is 24.3. The molecule has 4 rings (SSSR count). The van der Waals surface area contributed by atoms with Gasteiger partial charge in [0.25, 0.3) is 10.0 Å². The molecule has 0 spiro atoms. The molecule has 2 unspecified atom stereocenters. The standard InChI is InChI=1S/C24H25ClN4O4S/c1-15-7-2-3-8-16(15)23-18(25)13-14-21(28-23)29-34(32,33)22-12-6-11-20(27-22)26-19-10-5-4-9-17(19)24(30)31/h2-3,6-8,11-14,17,19H,4-5,9-10H2,1H3,(H,26,27)(H,28,29)(H,30,31). The first-order chi connectivity index (χ1) is 16.2. The van der Waals surface area contributed by atoms with Gasteiger partial charge in [-0.3, -0.25) is 9.52 Å². The molecule has 2 heterocycles. The van der Waals surface area contributed by atoms with Crippen molar-refractivity contribution in [3.05, 3.63) is 65.2 Å². The van der Waals surface area contributed by atoms with Gasteiger partial charge in [-0.1, -0.05) is 54.8 Å². The molecule has 0 aliphatic heterocycles. The van der Waals surface area contributed by atoms with Crippen molar-refractivity contribution in [2.24, 2.45) is 5.92 Å². The Morgan fingerprint density at radius 1 is 1.00 bits per heavy atom. The van der Waals surface area contributed by atoms with Crippen molar-refractivity contribution >= 4 is 39.2 Å². The van der Waals surface area contributed by atoms with Crippen LogP contribution in [0.5, 0.6) is 0 Å². The molecule has 0 saturated heterocycles. The van der Waals surface area contributed by atoms with Gasteiger partial charge in [-0.15, -0.1) is 0 Å². The Morgan fingerprint density at radius 3 is 2.53 bits per heavy atom. The number of carboxylic acid groups (broad SMARTS) is 1. The largest absolute Gasteiger partial charge is 0.481 e. The van der Waals surface area contributed by atoms with E-state index in [1.807, 2.05) is 31.2 Å². The van der Waals surface area contributed by atoms with Crippen LogP contribution in [0, 0.1) is 12.8 Å². The van der Waals surface area contributed by atoms with Crippen molar-refractivity contribution in [3.8, 4) is 11.3 Å². The molecule has 1 aliphatic carbocycles. The summed E-state index contributed by atoms with van der Waals surface area (Å²) in [5.41, 5.74) is 2.23. The van der Waals surface area contributed by atoms with Crippen molar-refractivity contribution < 1.29 is 18.3 Å². The van der Waals surface area contributed by atoms with Crippen molar-refractivity contribution in [3.63, 3.8) is 0 Å². The topological polar surface area (TPSA) is 121 Å². The fraction of sp³-hybridized carbons (Fsp3) is 0.292. The number of nitrogens with zero attached hydrogens (tertiary/aromatic N) is 2. The first kappa shape index (κ1) is 24.0. The van der Waals surface area contributed by atoms with Crippen LogP contribution < -0.4 is 10.0 Å². The van der Waals surface area contributed by atoms with Crippen molar-refractivity contribution in [1.82, 2.24) is 9.97 Å². The van der Waals surface area contributed by atoms with Gasteiger partial charge in [0.2, 0.25) is 0 Å². The van der Waals surface area contributed by atoms with Crippen LogP contribution in [-0.2, 0) is 14.8 Å². The number of nitrogens with one attached hydrogen (secondary N) is 2. The third-order valence-electron chi connectivity index (χ3n) is 5.90. The Kier molecular flexibility index (Phi) is 7.04. The number of aryl methyl sites for hydroxylation is 1. The van der Waals surface area contributed by atoms with Crippen molar-refractivity contribution in [2.45, 2.75) is 43.7 Å². The second-order valence-corrected chi connectivity index (χ2v) is 10.3. The molecule has 2 atom stereocenters. The van der Waals surface area contributed by atoms with Crippen LogP contribution in [0.1, 0.15) is 31.2 Å². The summed E-state index contributed by atoms with van der Waals surface area (Å²) in [7, 11) is -4.05. The molecule has 1 saturated carbocycles. The number of aromatic nitrogens is 2. The molecular formula is C24H25ClN4O4S. The number of benzene rings is 1. The normalized spacial score (nSPS) is 18.3. The van der Waals surface area contributed by atoms with Crippen LogP contribution in [0.4, 0.5) is 11.6 Å². The monoisotopic (exact) mass is 500 g/mol. The van der Waals surface area contributed by atoms with Gasteiger partial charge < -0.3 is 10.4 Å². The van der Waals surface area contributed by atoms with Crippen molar-refractivity contribution in [2.75, 3.05) is 10.0 Å². The molecule has 1 aromatic carbocycles. The van der Waals surface area contributed by atoms with E-state index < -0.39 is 21.9 Å². The summed E-state index contributed by atoms with van der Waals surface area (Å²) in [6.45, 7) is 1.92. The number of aliphatic carboxylic acids is 1. The average molecular weight is 501 g/mol. The molecule has 2 aromatic heterocycles. The second kappa shape index (κ2) is 9.99. The van der Waals surface area contributed by atoms with Gasteiger partial charge in [-0.25, -0.2) is 9.97 Å². The van der Waals surface area contributed by atoms with Gasteiger partial charge in [0.05, 0.1) is 16.6 Å². The molecule has 34 heavy (non-hydrogen) atoms. The highest BCUT2D eigenvalue weighted by molar-refractivity contribution is 7.92. The van der Waals surface area contributed by atoms with Crippen LogP contribution in [0.25, 0.3) is 11.3 Å². The minimum absolute atomic E-state index is 0.112. The lowest BCUT2D eigenvalue weighted by atomic mass is 9.84. The van der Waals surface area contributed by atoms with Crippen LogP contribution in [0.3, 0.4) is 0 Å². The molecule has 1 aliphatic rings. The Balaban J connectivity index is 1.57. The molecule has 1 fully saturated rings. The molecule has 0 radical (unpaired) electrons. The van der Waals surface area contributed by atoms with E-state index in [0.29, 0.717) is 29.4 Å². The smallest absolute Gasteiger partial charge is 0.308 e. The van der Waals surface area contributed by atoms with Gasteiger partial charge in [-0.2, -0.15) is 8.42 Å².